The number of esters is 1. The molecule has 9 heteroatoms. The van der Waals surface area contributed by atoms with Crippen molar-refractivity contribution < 1.29 is 27.1 Å². The molecular weight excluding hydrogens is 303 g/mol. The second-order valence-corrected chi connectivity index (χ2v) is 6.01. The Morgan fingerprint density at radius 1 is 1.43 bits per heavy atom. The van der Waals surface area contributed by atoms with E-state index in [-0.39, 0.29) is 12.0 Å². The first kappa shape index (κ1) is 17.1. The minimum Gasteiger partial charge on any atom is -0.465 e. The Kier molecular flexibility index (Phi) is 5.39. The van der Waals surface area contributed by atoms with Crippen molar-refractivity contribution in [3.05, 3.63) is 29.6 Å². The SMILES string of the molecule is COC(=O)c1ccc(F)cc1S(=O)(=O)NC(C)CC(N)=O. The van der Waals surface area contributed by atoms with Crippen LogP contribution in [-0.4, -0.2) is 33.4 Å². The van der Waals surface area contributed by atoms with Crippen molar-refractivity contribution in [2.45, 2.75) is 24.3 Å². The Labute approximate surface area is 121 Å². The van der Waals surface area contributed by atoms with Gasteiger partial charge in [-0.05, 0) is 25.1 Å². The predicted octanol–water partition coefficient (Wildman–Crippen LogP) is 0.154. The number of carbonyl (C=O) groups is 2. The molecule has 1 aromatic rings. The third-order valence-corrected chi connectivity index (χ3v) is 4.13. The summed E-state index contributed by atoms with van der Waals surface area (Å²) in [6.45, 7) is 1.42. The van der Waals surface area contributed by atoms with Gasteiger partial charge >= 0.3 is 5.97 Å². The Morgan fingerprint density at radius 2 is 2.05 bits per heavy atom. The number of nitrogens with one attached hydrogen (secondary N) is 1. The molecule has 116 valence electrons. The Bertz CT molecular complexity index is 660. The van der Waals surface area contributed by atoms with Crippen molar-refractivity contribution in [1.29, 1.82) is 0 Å². The summed E-state index contributed by atoms with van der Waals surface area (Å²) in [5.74, 6) is -2.44. The molecule has 1 atom stereocenters. The van der Waals surface area contributed by atoms with E-state index in [1.807, 2.05) is 0 Å². The van der Waals surface area contributed by atoms with E-state index >= 15 is 0 Å². The quantitative estimate of drug-likeness (QED) is 0.725. The maximum Gasteiger partial charge on any atom is 0.339 e. The van der Waals surface area contributed by atoms with Crippen molar-refractivity contribution >= 4 is 21.9 Å². The molecule has 0 aliphatic carbocycles. The summed E-state index contributed by atoms with van der Waals surface area (Å²) < 4.78 is 44.2. The summed E-state index contributed by atoms with van der Waals surface area (Å²) in [7, 11) is -3.14. The van der Waals surface area contributed by atoms with Crippen LogP contribution >= 0.6 is 0 Å². The summed E-state index contributed by atoms with van der Waals surface area (Å²) in [4.78, 5) is 21.7. The van der Waals surface area contributed by atoms with Gasteiger partial charge in [-0.25, -0.2) is 22.3 Å². The van der Waals surface area contributed by atoms with Crippen molar-refractivity contribution in [2.75, 3.05) is 7.11 Å². The summed E-state index contributed by atoms with van der Waals surface area (Å²) in [5.41, 5.74) is 4.66. The molecule has 0 radical (unpaired) electrons. The molecule has 1 amide bonds. The predicted molar refractivity (Wildman–Crippen MR) is 71.3 cm³/mol. The number of nitrogens with two attached hydrogens (primary N) is 1. The largest absolute Gasteiger partial charge is 0.465 e. The molecule has 0 bridgehead atoms. The van der Waals surface area contributed by atoms with Crippen LogP contribution in [0.4, 0.5) is 4.39 Å². The highest BCUT2D eigenvalue weighted by atomic mass is 32.2. The summed E-state index contributed by atoms with van der Waals surface area (Å²) >= 11 is 0. The standard InChI is InChI=1S/C12H15FN2O5S/c1-7(5-11(14)16)15-21(18,19)10-6-8(13)3-4-9(10)12(17)20-2/h3-4,6-7,15H,5H2,1-2H3,(H2,14,16). The van der Waals surface area contributed by atoms with Gasteiger partial charge in [0, 0.05) is 12.5 Å². The maximum atomic E-state index is 13.3. The van der Waals surface area contributed by atoms with Gasteiger partial charge in [-0.1, -0.05) is 0 Å². The average Bonchev–Trinajstić information content (AvgIpc) is 2.36. The van der Waals surface area contributed by atoms with E-state index in [1.165, 1.54) is 6.92 Å². The first-order chi connectivity index (χ1) is 9.67. The number of ether oxygens (including phenoxy) is 1. The van der Waals surface area contributed by atoms with Gasteiger partial charge in [0.25, 0.3) is 0 Å². The van der Waals surface area contributed by atoms with Gasteiger partial charge in [0.15, 0.2) is 0 Å². The summed E-state index contributed by atoms with van der Waals surface area (Å²) in [6, 6.07) is 1.85. The van der Waals surface area contributed by atoms with Gasteiger partial charge in [0.05, 0.1) is 17.6 Å². The molecular formula is C12H15FN2O5S. The van der Waals surface area contributed by atoms with Gasteiger partial charge in [-0.3, -0.25) is 4.79 Å². The topological polar surface area (TPSA) is 116 Å². The number of sulfonamides is 1. The summed E-state index contributed by atoms with van der Waals surface area (Å²) in [5, 5.41) is 0. The fourth-order valence-corrected chi connectivity index (χ4v) is 3.12. The Morgan fingerprint density at radius 3 is 2.57 bits per heavy atom. The zero-order chi connectivity index (χ0) is 16.2. The lowest BCUT2D eigenvalue weighted by Crippen LogP contribution is -2.36. The highest BCUT2D eigenvalue weighted by molar-refractivity contribution is 7.89. The second-order valence-electron chi connectivity index (χ2n) is 4.32. The molecule has 0 fully saturated rings. The van der Waals surface area contributed by atoms with Crippen LogP contribution in [-0.2, 0) is 19.6 Å². The average molecular weight is 318 g/mol. The van der Waals surface area contributed by atoms with E-state index in [2.05, 4.69) is 9.46 Å². The van der Waals surface area contributed by atoms with E-state index in [0.29, 0.717) is 6.07 Å². The highest BCUT2D eigenvalue weighted by Crippen LogP contribution is 2.19. The summed E-state index contributed by atoms with van der Waals surface area (Å²) in [6.07, 6.45) is -0.234. The van der Waals surface area contributed by atoms with Gasteiger partial charge in [-0.2, -0.15) is 0 Å². The molecule has 0 aliphatic rings. The highest BCUT2D eigenvalue weighted by Gasteiger charge is 2.25. The minimum atomic E-state index is -4.21. The smallest absolute Gasteiger partial charge is 0.339 e. The fraction of sp³-hybridized carbons (Fsp3) is 0.333. The first-order valence-corrected chi connectivity index (χ1v) is 7.34. The van der Waals surface area contributed by atoms with Crippen LogP contribution in [0.3, 0.4) is 0 Å². The molecule has 21 heavy (non-hydrogen) atoms. The van der Waals surface area contributed by atoms with Gasteiger partial charge in [-0.15, -0.1) is 0 Å². The molecule has 1 unspecified atom stereocenters. The minimum absolute atomic E-state index is 0.234. The van der Waals surface area contributed by atoms with Crippen LogP contribution in [0.15, 0.2) is 23.1 Å². The lowest BCUT2D eigenvalue weighted by molar-refractivity contribution is -0.118. The monoisotopic (exact) mass is 318 g/mol. The van der Waals surface area contributed by atoms with Crippen LogP contribution < -0.4 is 10.5 Å². The molecule has 3 N–H and O–H groups in total. The van der Waals surface area contributed by atoms with Crippen LogP contribution in [0.25, 0.3) is 0 Å². The molecule has 0 aromatic heterocycles. The molecule has 0 heterocycles. The van der Waals surface area contributed by atoms with E-state index in [1.54, 1.807) is 0 Å². The molecule has 7 nitrogen and oxygen atoms in total. The van der Waals surface area contributed by atoms with Gasteiger partial charge in [0.1, 0.15) is 5.82 Å². The Hall–Kier alpha value is -2.00. The van der Waals surface area contributed by atoms with Crippen molar-refractivity contribution in [3.8, 4) is 0 Å². The van der Waals surface area contributed by atoms with E-state index in [4.69, 9.17) is 5.73 Å². The lowest BCUT2D eigenvalue weighted by atomic mass is 10.2. The third-order valence-electron chi connectivity index (χ3n) is 2.50. The Balaban J connectivity index is 3.21. The van der Waals surface area contributed by atoms with Gasteiger partial charge in [0.2, 0.25) is 15.9 Å². The maximum absolute atomic E-state index is 13.3. The number of rotatable bonds is 6. The molecule has 0 aliphatic heterocycles. The number of carbonyl (C=O) groups excluding carboxylic acids is 2. The zero-order valence-corrected chi connectivity index (χ0v) is 12.2. The number of primary amides is 1. The number of methoxy groups -OCH3 is 1. The van der Waals surface area contributed by atoms with Crippen LogP contribution in [0, 0.1) is 5.82 Å². The normalized spacial score (nSPS) is 12.7. The zero-order valence-electron chi connectivity index (χ0n) is 11.4. The van der Waals surface area contributed by atoms with Crippen LogP contribution in [0.2, 0.25) is 0 Å². The lowest BCUT2D eigenvalue weighted by Gasteiger charge is -2.14. The van der Waals surface area contributed by atoms with Crippen LogP contribution in [0.5, 0.6) is 0 Å². The second kappa shape index (κ2) is 6.64. The van der Waals surface area contributed by atoms with Crippen LogP contribution in [0.1, 0.15) is 23.7 Å². The molecule has 0 saturated heterocycles. The van der Waals surface area contributed by atoms with E-state index < -0.39 is 38.7 Å². The number of hydrogen-bond acceptors (Lipinski definition) is 5. The van der Waals surface area contributed by atoms with Crippen molar-refractivity contribution in [3.63, 3.8) is 0 Å². The number of halogens is 1. The van der Waals surface area contributed by atoms with E-state index in [9.17, 15) is 22.4 Å². The van der Waals surface area contributed by atoms with Gasteiger partial charge < -0.3 is 10.5 Å². The fourth-order valence-electron chi connectivity index (χ4n) is 1.67. The molecule has 0 spiro atoms. The molecule has 1 rings (SSSR count). The number of amides is 1. The third kappa shape index (κ3) is 4.50. The number of benzene rings is 1. The first-order valence-electron chi connectivity index (χ1n) is 5.86. The number of hydrogen-bond donors (Lipinski definition) is 2. The molecule has 0 saturated carbocycles. The molecule has 1 aromatic carbocycles. The van der Waals surface area contributed by atoms with Crippen molar-refractivity contribution in [1.82, 2.24) is 4.72 Å². The van der Waals surface area contributed by atoms with E-state index in [0.717, 1.165) is 19.2 Å². The van der Waals surface area contributed by atoms with Crippen molar-refractivity contribution in [2.24, 2.45) is 5.73 Å².